The molecule has 2 amide bonds. The SMILES string of the molecule is COC(=O)Nc1ccc(S(=O)(=O)N2CCC[C@@H](C(=O)N[C@@H]3CCS(=O)(=O)C3)C2)cc1. The van der Waals surface area contributed by atoms with Crippen molar-refractivity contribution in [1.29, 1.82) is 0 Å². The average Bonchev–Trinajstić information content (AvgIpc) is 3.06. The van der Waals surface area contributed by atoms with Crippen molar-refractivity contribution < 1.29 is 31.2 Å². The van der Waals surface area contributed by atoms with Crippen molar-refractivity contribution in [3.05, 3.63) is 24.3 Å². The van der Waals surface area contributed by atoms with Gasteiger partial charge in [0.05, 0.1) is 29.4 Å². The molecule has 0 aromatic heterocycles. The van der Waals surface area contributed by atoms with E-state index in [9.17, 15) is 26.4 Å². The van der Waals surface area contributed by atoms with Crippen LogP contribution in [0.25, 0.3) is 0 Å². The summed E-state index contributed by atoms with van der Waals surface area (Å²) in [6.45, 7) is 0.335. The van der Waals surface area contributed by atoms with Crippen LogP contribution in [0.5, 0.6) is 0 Å². The zero-order valence-electron chi connectivity index (χ0n) is 16.5. The number of sulfone groups is 1. The highest BCUT2D eigenvalue weighted by molar-refractivity contribution is 7.91. The van der Waals surface area contributed by atoms with Crippen LogP contribution >= 0.6 is 0 Å². The van der Waals surface area contributed by atoms with Crippen molar-refractivity contribution in [3.8, 4) is 0 Å². The van der Waals surface area contributed by atoms with Gasteiger partial charge < -0.3 is 10.1 Å². The number of benzene rings is 1. The van der Waals surface area contributed by atoms with E-state index in [0.717, 1.165) is 0 Å². The third-order valence-corrected chi connectivity index (χ3v) is 8.90. The molecule has 0 saturated carbocycles. The Balaban J connectivity index is 1.65. The molecule has 0 spiro atoms. The lowest BCUT2D eigenvalue weighted by Gasteiger charge is -2.31. The number of hydrogen-bond acceptors (Lipinski definition) is 7. The Morgan fingerprint density at radius 1 is 1.17 bits per heavy atom. The Morgan fingerprint density at radius 2 is 1.87 bits per heavy atom. The van der Waals surface area contributed by atoms with Gasteiger partial charge in [-0.3, -0.25) is 10.1 Å². The van der Waals surface area contributed by atoms with Crippen LogP contribution in [-0.4, -0.2) is 70.9 Å². The molecule has 0 aliphatic carbocycles. The summed E-state index contributed by atoms with van der Waals surface area (Å²) < 4.78 is 54.9. The number of nitrogens with zero attached hydrogens (tertiary/aromatic N) is 1. The largest absolute Gasteiger partial charge is 0.453 e. The van der Waals surface area contributed by atoms with Gasteiger partial charge in [0, 0.05) is 24.8 Å². The second-order valence-corrected chi connectivity index (χ2v) is 11.6. The minimum Gasteiger partial charge on any atom is -0.453 e. The van der Waals surface area contributed by atoms with Crippen LogP contribution < -0.4 is 10.6 Å². The fourth-order valence-corrected chi connectivity index (χ4v) is 6.83. The van der Waals surface area contributed by atoms with Gasteiger partial charge >= 0.3 is 6.09 Å². The van der Waals surface area contributed by atoms with Crippen LogP contribution in [0.1, 0.15) is 19.3 Å². The number of piperidine rings is 1. The van der Waals surface area contributed by atoms with E-state index in [4.69, 9.17) is 0 Å². The molecule has 30 heavy (non-hydrogen) atoms. The Hall–Kier alpha value is -2.18. The quantitative estimate of drug-likeness (QED) is 0.656. The lowest BCUT2D eigenvalue weighted by Crippen LogP contribution is -2.47. The minimum absolute atomic E-state index is 0.0375. The van der Waals surface area contributed by atoms with E-state index < -0.39 is 37.9 Å². The van der Waals surface area contributed by atoms with E-state index in [1.54, 1.807) is 0 Å². The van der Waals surface area contributed by atoms with Gasteiger partial charge in [-0.15, -0.1) is 0 Å². The second-order valence-electron chi connectivity index (χ2n) is 7.45. The van der Waals surface area contributed by atoms with Gasteiger partial charge in [0.2, 0.25) is 15.9 Å². The maximum Gasteiger partial charge on any atom is 0.411 e. The second kappa shape index (κ2) is 8.90. The highest BCUT2D eigenvalue weighted by Crippen LogP contribution is 2.25. The van der Waals surface area contributed by atoms with Gasteiger partial charge in [0.25, 0.3) is 0 Å². The number of ether oxygens (including phenoxy) is 1. The fraction of sp³-hybridized carbons (Fsp3) is 0.556. The van der Waals surface area contributed by atoms with Gasteiger partial charge in [0.1, 0.15) is 0 Å². The molecule has 3 rings (SSSR count). The molecule has 0 bridgehead atoms. The molecule has 2 saturated heterocycles. The molecule has 2 N–H and O–H groups in total. The van der Waals surface area contributed by atoms with Crippen LogP contribution in [0.2, 0.25) is 0 Å². The zero-order chi connectivity index (χ0) is 21.9. The molecule has 1 aromatic carbocycles. The number of sulfonamides is 1. The fourth-order valence-electron chi connectivity index (χ4n) is 3.63. The monoisotopic (exact) mass is 459 g/mol. The maximum atomic E-state index is 13.0. The molecule has 2 aliphatic rings. The lowest BCUT2D eigenvalue weighted by molar-refractivity contribution is -0.126. The summed E-state index contributed by atoms with van der Waals surface area (Å²) in [7, 11) is -5.70. The Labute approximate surface area is 175 Å². The first-order valence-electron chi connectivity index (χ1n) is 9.57. The Kier molecular flexibility index (Phi) is 6.68. The number of amides is 2. The molecule has 2 atom stereocenters. The third kappa shape index (κ3) is 5.29. The predicted octanol–water partition coefficient (Wildman–Crippen LogP) is 0.569. The summed E-state index contributed by atoms with van der Waals surface area (Å²) >= 11 is 0. The topological polar surface area (TPSA) is 139 Å². The number of methoxy groups -OCH3 is 1. The molecule has 12 heteroatoms. The van der Waals surface area contributed by atoms with Crippen LogP contribution in [0, 0.1) is 5.92 Å². The van der Waals surface area contributed by atoms with E-state index in [2.05, 4.69) is 15.4 Å². The molecule has 10 nitrogen and oxygen atoms in total. The van der Waals surface area contributed by atoms with E-state index in [1.807, 2.05) is 0 Å². The summed E-state index contributed by atoms with van der Waals surface area (Å²) in [6.07, 6.45) is 0.793. The lowest BCUT2D eigenvalue weighted by atomic mass is 9.98. The molecule has 0 unspecified atom stereocenters. The van der Waals surface area contributed by atoms with Gasteiger partial charge in [-0.1, -0.05) is 0 Å². The number of carbonyl (C=O) groups is 2. The van der Waals surface area contributed by atoms with Gasteiger partial charge in [0.15, 0.2) is 9.84 Å². The highest BCUT2D eigenvalue weighted by Gasteiger charge is 2.35. The Bertz CT molecular complexity index is 1010. The molecular formula is C18H25N3O7S2. The summed E-state index contributed by atoms with van der Waals surface area (Å²) in [5.41, 5.74) is 0.392. The normalized spacial score (nSPS) is 24.2. The number of rotatable bonds is 5. The molecule has 166 valence electrons. The van der Waals surface area contributed by atoms with Crippen molar-refractivity contribution in [2.45, 2.75) is 30.2 Å². The number of hydrogen-bond donors (Lipinski definition) is 2. The minimum atomic E-state index is -3.81. The number of nitrogens with one attached hydrogen (secondary N) is 2. The number of carbonyl (C=O) groups excluding carboxylic acids is 2. The summed E-state index contributed by atoms with van der Waals surface area (Å²) in [6, 6.07) is 5.27. The van der Waals surface area contributed by atoms with Crippen molar-refractivity contribution in [2.75, 3.05) is 37.0 Å². The zero-order valence-corrected chi connectivity index (χ0v) is 18.2. The third-order valence-electron chi connectivity index (χ3n) is 5.26. The summed E-state index contributed by atoms with van der Waals surface area (Å²) in [5.74, 6) is -0.852. The first-order chi connectivity index (χ1) is 14.1. The summed E-state index contributed by atoms with van der Waals surface area (Å²) in [4.78, 5) is 23.9. The van der Waals surface area contributed by atoms with Gasteiger partial charge in [-0.2, -0.15) is 4.31 Å². The average molecular weight is 460 g/mol. The van der Waals surface area contributed by atoms with Crippen molar-refractivity contribution in [2.24, 2.45) is 5.92 Å². The van der Waals surface area contributed by atoms with Crippen molar-refractivity contribution >= 4 is 37.5 Å². The Morgan fingerprint density at radius 3 is 2.47 bits per heavy atom. The van der Waals surface area contributed by atoms with Crippen LogP contribution in [0.3, 0.4) is 0 Å². The first-order valence-corrected chi connectivity index (χ1v) is 12.8. The first kappa shape index (κ1) is 22.5. The van der Waals surface area contributed by atoms with Gasteiger partial charge in [-0.05, 0) is 43.5 Å². The molecule has 2 aliphatic heterocycles. The van der Waals surface area contributed by atoms with E-state index in [1.165, 1.54) is 35.7 Å². The smallest absolute Gasteiger partial charge is 0.411 e. The molecule has 0 radical (unpaired) electrons. The molecule has 2 fully saturated rings. The molecule has 2 heterocycles. The van der Waals surface area contributed by atoms with Crippen LogP contribution in [0.15, 0.2) is 29.2 Å². The van der Waals surface area contributed by atoms with Crippen molar-refractivity contribution in [1.82, 2.24) is 9.62 Å². The van der Waals surface area contributed by atoms with Crippen LogP contribution in [0.4, 0.5) is 10.5 Å². The standard InChI is InChI=1S/C18H25N3O7S2/c1-28-18(23)20-14-4-6-16(7-5-14)30(26,27)21-9-2-3-13(11-21)17(22)19-15-8-10-29(24,25)12-15/h4-7,13,15H,2-3,8-12H2,1H3,(H,19,22)(H,20,23)/t13-,15-/m1/s1. The van der Waals surface area contributed by atoms with Crippen LogP contribution in [-0.2, 0) is 29.4 Å². The van der Waals surface area contributed by atoms with Gasteiger partial charge in [-0.25, -0.2) is 21.6 Å². The van der Waals surface area contributed by atoms with Crippen molar-refractivity contribution in [3.63, 3.8) is 0 Å². The van der Waals surface area contributed by atoms with E-state index in [0.29, 0.717) is 31.5 Å². The number of anilines is 1. The highest BCUT2D eigenvalue weighted by atomic mass is 32.2. The molecular weight excluding hydrogens is 434 g/mol. The van der Waals surface area contributed by atoms with E-state index >= 15 is 0 Å². The molecule has 1 aromatic rings. The maximum absolute atomic E-state index is 13.0. The van der Waals surface area contributed by atoms with E-state index in [-0.39, 0.29) is 28.9 Å². The summed E-state index contributed by atoms with van der Waals surface area (Å²) in [5, 5.41) is 5.20. The predicted molar refractivity (Wildman–Crippen MR) is 109 cm³/mol.